The van der Waals surface area contributed by atoms with Crippen LogP contribution in [0.3, 0.4) is 0 Å². The second-order valence-corrected chi connectivity index (χ2v) is 8.22. The van der Waals surface area contributed by atoms with Crippen molar-refractivity contribution in [2.45, 2.75) is 20.3 Å². The highest BCUT2D eigenvalue weighted by Crippen LogP contribution is 2.24. The Bertz CT molecular complexity index is 787. The van der Waals surface area contributed by atoms with Crippen LogP contribution in [0.25, 0.3) is 10.9 Å². The van der Waals surface area contributed by atoms with Crippen molar-refractivity contribution < 1.29 is 4.79 Å². The molecule has 0 aliphatic carbocycles. The number of rotatable bonds is 3. The molecule has 0 spiro atoms. The van der Waals surface area contributed by atoms with Gasteiger partial charge in [0.1, 0.15) is 12.1 Å². The number of piperazine rings is 1. The number of piperidine rings is 1. The maximum absolute atomic E-state index is 12.7. The minimum absolute atomic E-state index is 0.286. The second-order valence-electron chi connectivity index (χ2n) is 8.22. The first-order valence-corrected chi connectivity index (χ1v) is 10.0. The van der Waals surface area contributed by atoms with Gasteiger partial charge in [-0.2, -0.15) is 0 Å². The number of carbonyl (C=O) groups excluding carboxylic acids is 1. The number of likely N-dealkylation sites (tertiary alicyclic amines) is 1. The molecule has 144 valence electrons. The number of nitrogens with zero attached hydrogens (tertiary/aromatic N) is 5. The molecular weight excluding hydrogens is 338 g/mol. The summed E-state index contributed by atoms with van der Waals surface area (Å²) in [4.78, 5) is 28.3. The number of aromatic nitrogens is 2. The summed E-state index contributed by atoms with van der Waals surface area (Å²) >= 11 is 0. The number of benzene rings is 1. The van der Waals surface area contributed by atoms with E-state index in [9.17, 15) is 4.79 Å². The molecular formula is C21H29N5O. The molecule has 2 fully saturated rings. The highest BCUT2D eigenvalue weighted by Gasteiger charge is 2.28. The molecule has 1 amide bonds. The Morgan fingerprint density at radius 1 is 1.04 bits per heavy atom. The van der Waals surface area contributed by atoms with Crippen molar-refractivity contribution in [3.05, 3.63) is 30.6 Å². The summed E-state index contributed by atoms with van der Waals surface area (Å²) in [5.74, 6) is 2.51. The molecule has 4 rings (SSSR count). The standard InChI is InChI=1S/C21H29N5O/c1-16-11-17(2)13-26(12-16)20(27)14-24-7-9-25(10-8-24)21-18-5-3-4-6-19(18)22-15-23-21/h3-6,15-17H,7-14H2,1-2H3. The second kappa shape index (κ2) is 7.80. The summed E-state index contributed by atoms with van der Waals surface area (Å²) in [5, 5.41) is 1.10. The van der Waals surface area contributed by atoms with Crippen molar-refractivity contribution in [1.82, 2.24) is 19.8 Å². The van der Waals surface area contributed by atoms with Crippen LogP contribution in [0.2, 0.25) is 0 Å². The van der Waals surface area contributed by atoms with Crippen LogP contribution < -0.4 is 4.90 Å². The van der Waals surface area contributed by atoms with E-state index >= 15 is 0 Å². The third-order valence-electron chi connectivity index (χ3n) is 5.77. The average Bonchev–Trinajstić information content (AvgIpc) is 2.67. The Hall–Kier alpha value is -2.21. The van der Waals surface area contributed by atoms with E-state index in [0.717, 1.165) is 56.0 Å². The first-order chi connectivity index (χ1) is 13.1. The lowest BCUT2D eigenvalue weighted by Crippen LogP contribution is -2.52. The first-order valence-electron chi connectivity index (χ1n) is 10.0. The summed E-state index contributed by atoms with van der Waals surface area (Å²) < 4.78 is 0. The Balaban J connectivity index is 1.35. The average molecular weight is 367 g/mol. The fourth-order valence-electron chi connectivity index (χ4n) is 4.52. The fraction of sp³-hybridized carbons (Fsp3) is 0.571. The molecule has 0 radical (unpaired) electrons. The van der Waals surface area contributed by atoms with Crippen LogP contribution in [-0.2, 0) is 4.79 Å². The quantitative estimate of drug-likeness (QED) is 0.833. The van der Waals surface area contributed by atoms with Gasteiger partial charge in [-0.15, -0.1) is 0 Å². The SMILES string of the molecule is CC1CC(C)CN(C(=O)CN2CCN(c3ncnc4ccccc34)CC2)C1. The molecule has 0 N–H and O–H groups in total. The lowest BCUT2D eigenvalue weighted by atomic mass is 9.92. The molecule has 2 saturated heterocycles. The van der Waals surface area contributed by atoms with Crippen LogP contribution in [0.4, 0.5) is 5.82 Å². The lowest BCUT2D eigenvalue weighted by Gasteiger charge is -2.38. The van der Waals surface area contributed by atoms with Crippen molar-refractivity contribution in [3.8, 4) is 0 Å². The number of amides is 1. The largest absolute Gasteiger partial charge is 0.353 e. The van der Waals surface area contributed by atoms with Gasteiger partial charge >= 0.3 is 0 Å². The molecule has 2 atom stereocenters. The van der Waals surface area contributed by atoms with Crippen LogP contribution in [-0.4, -0.2) is 71.5 Å². The van der Waals surface area contributed by atoms with Gasteiger partial charge in [-0.3, -0.25) is 9.69 Å². The number of carbonyl (C=O) groups is 1. The molecule has 1 aromatic heterocycles. The van der Waals surface area contributed by atoms with E-state index in [2.05, 4.69) is 44.6 Å². The zero-order valence-electron chi connectivity index (χ0n) is 16.3. The number of fused-ring (bicyclic) bond motifs is 1. The van der Waals surface area contributed by atoms with Gasteiger partial charge in [0.2, 0.25) is 5.91 Å². The zero-order valence-corrected chi connectivity index (χ0v) is 16.3. The molecule has 1 aromatic carbocycles. The Labute approximate surface area is 161 Å². The minimum atomic E-state index is 0.286. The molecule has 0 bridgehead atoms. The highest BCUT2D eigenvalue weighted by atomic mass is 16.2. The maximum Gasteiger partial charge on any atom is 0.236 e. The summed E-state index contributed by atoms with van der Waals surface area (Å²) in [6, 6.07) is 8.14. The van der Waals surface area contributed by atoms with Gasteiger partial charge in [-0.05, 0) is 30.4 Å². The normalized spacial score (nSPS) is 24.4. The topological polar surface area (TPSA) is 52.6 Å². The molecule has 6 nitrogen and oxygen atoms in total. The van der Waals surface area contributed by atoms with E-state index in [-0.39, 0.29) is 5.91 Å². The molecule has 2 aromatic rings. The summed E-state index contributed by atoms with van der Waals surface area (Å²) in [5.41, 5.74) is 0.980. The Morgan fingerprint density at radius 2 is 1.74 bits per heavy atom. The van der Waals surface area contributed by atoms with E-state index in [1.807, 2.05) is 18.2 Å². The number of hydrogen-bond acceptors (Lipinski definition) is 5. The highest BCUT2D eigenvalue weighted by molar-refractivity contribution is 5.89. The molecule has 0 saturated carbocycles. The molecule has 6 heteroatoms. The van der Waals surface area contributed by atoms with Crippen molar-refractivity contribution in [2.75, 3.05) is 50.7 Å². The van der Waals surface area contributed by atoms with Gasteiger partial charge in [0.25, 0.3) is 0 Å². The maximum atomic E-state index is 12.7. The van der Waals surface area contributed by atoms with Gasteiger partial charge in [-0.25, -0.2) is 9.97 Å². The smallest absolute Gasteiger partial charge is 0.236 e. The van der Waals surface area contributed by atoms with E-state index in [4.69, 9.17) is 0 Å². The molecule has 2 unspecified atom stereocenters. The van der Waals surface area contributed by atoms with Gasteiger partial charge < -0.3 is 9.80 Å². The number of anilines is 1. The number of hydrogen-bond donors (Lipinski definition) is 0. The van der Waals surface area contributed by atoms with Crippen LogP contribution in [0.15, 0.2) is 30.6 Å². The monoisotopic (exact) mass is 367 g/mol. The van der Waals surface area contributed by atoms with Crippen molar-refractivity contribution >= 4 is 22.6 Å². The van der Waals surface area contributed by atoms with Crippen molar-refractivity contribution in [2.24, 2.45) is 11.8 Å². The lowest BCUT2D eigenvalue weighted by molar-refractivity contribution is -0.135. The van der Waals surface area contributed by atoms with Gasteiger partial charge in [-0.1, -0.05) is 26.0 Å². The number of para-hydroxylation sites is 1. The van der Waals surface area contributed by atoms with Crippen LogP contribution in [0.1, 0.15) is 20.3 Å². The Kier molecular flexibility index (Phi) is 5.25. The van der Waals surface area contributed by atoms with Crippen molar-refractivity contribution in [3.63, 3.8) is 0 Å². The van der Waals surface area contributed by atoms with E-state index < -0.39 is 0 Å². The van der Waals surface area contributed by atoms with Gasteiger partial charge in [0.15, 0.2) is 0 Å². The van der Waals surface area contributed by atoms with Crippen LogP contribution in [0, 0.1) is 11.8 Å². The predicted octanol–water partition coefficient (Wildman–Crippen LogP) is 2.26. The predicted molar refractivity (Wildman–Crippen MR) is 108 cm³/mol. The van der Waals surface area contributed by atoms with E-state index in [1.54, 1.807) is 6.33 Å². The Morgan fingerprint density at radius 3 is 2.48 bits per heavy atom. The van der Waals surface area contributed by atoms with Crippen LogP contribution >= 0.6 is 0 Å². The summed E-state index contributed by atoms with van der Waals surface area (Å²) in [6.45, 7) is 10.4. The third-order valence-corrected chi connectivity index (χ3v) is 5.77. The van der Waals surface area contributed by atoms with E-state index in [0.29, 0.717) is 18.4 Å². The third kappa shape index (κ3) is 4.05. The molecule has 2 aliphatic heterocycles. The van der Waals surface area contributed by atoms with Crippen molar-refractivity contribution in [1.29, 1.82) is 0 Å². The molecule has 2 aliphatic rings. The minimum Gasteiger partial charge on any atom is -0.353 e. The fourth-order valence-corrected chi connectivity index (χ4v) is 4.52. The molecule has 3 heterocycles. The molecule has 27 heavy (non-hydrogen) atoms. The van der Waals surface area contributed by atoms with Gasteiger partial charge in [0, 0.05) is 44.7 Å². The van der Waals surface area contributed by atoms with Gasteiger partial charge in [0.05, 0.1) is 12.1 Å². The summed E-state index contributed by atoms with van der Waals surface area (Å²) in [6.07, 6.45) is 2.88. The summed E-state index contributed by atoms with van der Waals surface area (Å²) in [7, 11) is 0. The first kappa shape index (κ1) is 18.2. The zero-order chi connectivity index (χ0) is 18.8. The van der Waals surface area contributed by atoms with E-state index in [1.165, 1.54) is 6.42 Å². The van der Waals surface area contributed by atoms with Crippen LogP contribution in [0.5, 0.6) is 0 Å².